The Hall–Kier alpha value is -1.32. The zero-order valence-electron chi connectivity index (χ0n) is 11.3. The lowest BCUT2D eigenvalue weighted by Gasteiger charge is -2.16. The van der Waals surface area contributed by atoms with Gasteiger partial charge in [-0.15, -0.1) is 0 Å². The first-order valence-corrected chi connectivity index (χ1v) is 5.72. The van der Waals surface area contributed by atoms with E-state index in [1.165, 1.54) is 0 Å². The number of esters is 2. The van der Waals surface area contributed by atoms with Gasteiger partial charge in [0.2, 0.25) is 0 Å². The Morgan fingerprint density at radius 1 is 1.06 bits per heavy atom. The van der Waals surface area contributed by atoms with Crippen LogP contribution in [-0.4, -0.2) is 25.2 Å². The van der Waals surface area contributed by atoms with Crippen LogP contribution < -0.4 is 0 Å². The Kier molecular flexibility index (Phi) is 6.54. The minimum atomic E-state index is -0.526. The van der Waals surface area contributed by atoms with E-state index in [2.05, 4.69) is 0 Å². The van der Waals surface area contributed by atoms with Crippen LogP contribution in [0, 0.1) is 11.3 Å². The molecule has 0 rings (SSSR count). The van der Waals surface area contributed by atoms with E-state index in [-0.39, 0.29) is 11.3 Å². The van der Waals surface area contributed by atoms with Gasteiger partial charge in [-0.3, -0.25) is 0 Å². The lowest BCUT2D eigenvalue weighted by atomic mass is 9.99. The Labute approximate surface area is 103 Å². The molecule has 0 aromatic carbocycles. The van der Waals surface area contributed by atoms with E-state index in [1.807, 2.05) is 34.6 Å². The zero-order chi connectivity index (χ0) is 13.5. The molecule has 0 bridgehead atoms. The van der Waals surface area contributed by atoms with E-state index in [9.17, 15) is 9.59 Å². The molecule has 0 N–H and O–H groups in total. The molecule has 0 atom stereocenters. The molecule has 98 valence electrons. The summed E-state index contributed by atoms with van der Waals surface area (Å²) in [6, 6.07) is 0. The molecule has 0 spiro atoms. The number of rotatable bonds is 5. The fraction of sp³-hybridized carbons (Fsp3) is 0.692. The molecular weight excluding hydrogens is 220 g/mol. The molecule has 0 aromatic heterocycles. The topological polar surface area (TPSA) is 52.6 Å². The molecule has 0 aromatic rings. The van der Waals surface area contributed by atoms with Crippen molar-refractivity contribution < 1.29 is 19.1 Å². The number of carbonyl (C=O) groups is 2. The fourth-order valence-electron chi connectivity index (χ4n) is 0.769. The monoisotopic (exact) mass is 242 g/mol. The van der Waals surface area contributed by atoms with Gasteiger partial charge < -0.3 is 9.47 Å². The minimum absolute atomic E-state index is 0.0817. The summed E-state index contributed by atoms with van der Waals surface area (Å²) in [5.74, 6) is -0.770. The molecule has 0 aliphatic heterocycles. The van der Waals surface area contributed by atoms with Gasteiger partial charge in [0.05, 0.1) is 13.2 Å². The van der Waals surface area contributed by atoms with Crippen molar-refractivity contribution in [2.24, 2.45) is 11.3 Å². The van der Waals surface area contributed by atoms with Crippen molar-refractivity contribution in [2.75, 3.05) is 13.2 Å². The maximum atomic E-state index is 11.2. The average molecular weight is 242 g/mol. The maximum Gasteiger partial charge on any atom is 0.331 e. The summed E-state index contributed by atoms with van der Waals surface area (Å²) in [6.45, 7) is 10.4. The second-order valence-electron chi connectivity index (χ2n) is 5.53. The smallest absolute Gasteiger partial charge is 0.331 e. The van der Waals surface area contributed by atoms with E-state index in [4.69, 9.17) is 9.47 Å². The van der Waals surface area contributed by atoms with Crippen LogP contribution in [0.25, 0.3) is 0 Å². The molecule has 0 aliphatic carbocycles. The zero-order valence-corrected chi connectivity index (χ0v) is 11.3. The van der Waals surface area contributed by atoms with Gasteiger partial charge in [0.15, 0.2) is 0 Å². The first-order chi connectivity index (χ1) is 7.70. The molecule has 0 unspecified atom stereocenters. The summed E-state index contributed by atoms with van der Waals surface area (Å²) in [7, 11) is 0. The van der Waals surface area contributed by atoms with Crippen LogP contribution >= 0.6 is 0 Å². The van der Waals surface area contributed by atoms with Crippen LogP contribution in [0.4, 0.5) is 0 Å². The number of hydrogen-bond donors (Lipinski definition) is 0. The summed E-state index contributed by atoms with van der Waals surface area (Å²) in [4.78, 5) is 22.4. The Morgan fingerprint density at radius 3 is 1.94 bits per heavy atom. The van der Waals surface area contributed by atoms with E-state index in [0.29, 0.717) is 13.2 Å². The Balaban J connectivity index is 3.91. The second-order valence-corrected chi connectivity index (χ2v) is 5.53. The van der Waals surface area contributed by atoms with Crippen LogP contribution in [0.15, 0.2) is 12.2 Å². The van der Waals surface area contributed by atoms with Crippen LogP contribution in [0.5, 0.6) is 0 Å². The highest BCUT2D eigenvalue weighted by atomic mass is 16.5. The fourth-order valence-corrected chi connectivity index (χ4v) is 0.769. The molecule has 0 saturated carbocycles. The van der Waals surface area contributed by atoms with Gasteiger partial charge in [0, 0.05) is 12.2 Å². The highest BCUT2D eigenvalue weighted by Crippen LogP contribution is 2.12. The lowest BCUT2D eigenvalue weighted by molar-refractivity contribution is -0.142. The quantitative estimate of drug-likeness (QED) is 0.548. The van der Waals surface area contributed by atoms with Gasteiger partial charge in [0.25, 0.3) is 0 Å². The molecule has 4 heteroatoms. The third-order valence-electron chi connectivity index (χ3n) is 1.56. The van der Waals surface area contributed by atoms with Gasteiger partial charge in [-0.25, -0.2) is 9.59 Å². The molecule has 0 aliphatic rings. The van der Waals surface area contributed by atoms with E-state index < -0.39 is 11.9 Å². The van der Waals surface area contributed by atoms with E-state index in [1.54, 1.807) is 0 Å². The van der Waals surface area contributed by atoms with Crippen LogP contribution in [-0.2, 0) is 19.1 Å². The van der Waals surface area contributed by atoms with Gasteiger partial charge in [-0.2, -0.15) is 0 Å². The molecule has 0 amide bonds. The predicted octanol–water partition coefficient (Wildman–Crippen LogP) is 2.33. The average Bonchev–Trinajstić information content (AvgIpc) is 2.19. The lowest BCUT2D eigenvalue weighted by Crippen LogP contribution is -2.17. The summed E-state index contributed by atoms with van der Waals surface area (Å²) in [5, 5.41) is 0. The molecule has 0 heterocycles. The third kappa shape index (κ3) is 11.0. The minimum Gasteiger partial charge on any atom is -0.462 e. The van der Waals surface area contributed by atoms with Crippen LogP contribution in [0.2, 0.25) is 0 Å². The van der Waals surface area contributed by atoms with Crippen molar-refractivity contribution >= 4 is 11.9 Å². The highest BCUT2D eigenvalue weighted by Gasteiger charge is 2.12. The summed E-state index contributed by atoms with van der Waals surface area (Å²) in [6.07, 6.45) is 2.18. The molecule has 17 heavy (non-hydrogen) atoms. The van der Waals surface area contributed by atoms with Crippen molar-refractivity contribution in [3.05, 3.63) is 12.2 Å². The van der Waals surface area contributed by atoms with Crippen molar-refractivity contribution in [3.8, 4) is 0 Å². The Morgan fingerprint density at radius 2 is 1.53 bits per heavy atom. The molecule has 4 nitrogen and oxygen atoms in total. The SMILES string of the molecule is CC(C)COC(=O)/C=C/C(=O)OCC(C)(C)C. The molecular formula is C13H22O4. The maximum absolute atomic E-state index is 11.2. The van der Waals surface area contributed by atoms with Crippen LogP contribution in [0.1, 0.15) is 34.6 Å². The largest absolute Gasteiger partial charge is 0.462 e. The Bertz CT molecular complexity index is 284. The van der Waals surface area contributed by atoms with E-state index >= 15 is 0 Å². The van der Waals surface area contributed by atoms with Gasteiger partial charge in [-0.1, -0.05) is 34.6 Å². The second kappa shape index (κ2) is 7.09. The summed E-state index contributed by atoms with van der Waals surface area (Å²) < 4.78 is 9.81. The van der Waals surface area contributed by atoms with Crippen molar-refractivity contribution in [3.63, 3.8) is 0 Å². The number of ether oxygens (including phenoxy) is 2. The first-order valence-electron chi connectivity index (χ1n) is 5.72. The van der Waals surface area contributed by atoms with Crippen molar-refractivity contribution in [1.29, 1.82) is 0 Å². The van der Waals surface area contributed by atoms with Crippen LogP contribution in [0.3, 0.4) is 0 Å². The molecule has 0 fully saturated rings. The van der Waals surface area contributed by atoms with E-state index in [0.717, 1.165) is 12.2 Å². The van der Waals surface area contributed by atoms with Gasteiger partial charge >= 0.3 is 11.9 Å². The molecule has 0 radical (unpaired) electrons. The normalized spacial score (nSPS) is 11.9. The standard InChI is InChI=1S/C13H22O4/c1-10(2)8-16-11(14)6-7-12(15)17-9-13(3,4)5/h6-7,10H,8-9H2,1-5H3/b7-6+. The van der Waals surface area contributed by atoms with Gasteiger partial charge in [0.1, 0.15) is 0 Å². The van der Waals surface area contributed by atoms with Crippen molar-refractivity contribution in [2.45, 2.75) is 34.6 Å². The third-order valence-corrected chi connectivity index (χ3v) is 1.56. The summed E-state index contributed by atoms with van der Waals surface area (Å²) in [5.41, 5.74) is -0.0817. The highest BCUT2D eigenvalue weighted by molar-refractivity contribution is 5.91. The predicted molar refractivity (Wildman–Crippen MR) is 65.4 cm³/mol. The number of hydrogen-bond acceptors (Lipinski definition) is 4. The first kappa shape index (κ1) is 15.7. The van der Waals surface area contributed by atoms with Crippen molar-refractivity contribution in [1.82, 2.24) is 0 Å². The van der Waals surface area contributed by atoms with Gasteiger partial charge in [-0.05, 0) is 11.3 Å². The summed E-state index contributed by atoms with van der Waals surface area (Å²) >= 11 is 0. The molecule has 0 saturated heterocycles. The number of carbonyl (C=O) groups excluding carboxylic acids is 2.